The Kier molecular flexibility index (Phi) is 2.30. The predicted molar refractivity (Wildman–Crippen MR) is 51.1 cm³/mol. The molecule has 76 valence electrons. The van der Waals surface area contributed by atoms with E-state index in [9.17, 15) is 4.57 Å². The van der Waals surface area contributed by atoms with Crippen LogP contribution in [0.5, 0.6) is 0 Å². The second-order valence-corrected chi connectivity index (χ2v) is 7.01. The monoisotopic (exact) mass is 204 g/mol. The largest absolute Gasteiger partial charge is 0.394 e. The third-order valence-electron chi connectivity index (χ3n) is 3.75. The molecule has 3 rings (SSSR count). The lowest BCUT2D eigenvalue weighted by Gasteiger charge is -2.39. The van der Waals surface area contributed by atoms with Gasteiger partial charge in [0.25, 0.3) is 0 Å². The number of aliphatic hydroxyl groups excluding tert-OH is 1. The van der Waals surface area contributed by atoms with E-state index in [2.05, 4.69) is 13.8 Å². The Hall–Kier alpha value is 0.150. The van der Waals surface area contributed by atoms with Crippen LogP contribution in [-0.2, 0) is 9.09 Å². The van der Waals surface area contributed by atoms with Gasteiger partial charge in [-0.25, -0.2) is 0 Å². The van der Waals surface area contributed by atoms with Gasteiger partial charge in [0.15, 0.2) is 0 Å². The zero-order chi connectivity index (χ0) is 9.64. The van der Waals surface area contributed by atoms with Crippen LogP contribution in [-0.4, -0.2) is 30.1 Å². The van der Waals surface area contributed by atoms with Crippen LogP contribution >= 0.6 is 7.37 Å². The minimum absolute atomic E-state index is 0.0237. The summed E-state index contributed by atoms with van der Waals surface area (Å²) in [5.74, 6) is 1.74. The molecular weight excluding hydrogens is 187 g/mol. The van der Waals surface area contributed by atoms with E-state index >= 15 is 0 Å². The van der Waals surface area contributed by atoms with E-state index in [1.54, 1.807) is 0 Å². The summed E-state index contributed by atoms with van der Waals surface area (Å²) in [7, 11) is -2.38. The van der Waals surface area contributed by atoms with Gasteiger partial charge in [0.05, 0.1) is 13.2 Å². The molecule has 0 spiro atoms. The van der Waals surface area contributed by atoms with Crippen molar-refractivity contribution in [2.24, 2.45) is 17.8 Å². The third-order valence-corrected chi connectivity index (χ3v) is 7.15. The first-order valence-corrected chi connectivity index (χ1v) is 6.82. The highest BCUT2D eigenvalue weighted by Crippen LogP contribution is 2.74. The highest BCUT2D eigenvalue weighted by atomic mass is 31.2. The first kappa shape index (κ1) is 9.70. The number of hydrogen-bond donors (Lipinski definition) is 1. The summed E-state index contributed by atoms with van der Waals surface area (Å²) >= 11 is 0. The smallest absolute Gasteiger partial charge is 0.207 e. The fourth-order valence-electron chi connectivity index (χ4n) is 3.12. The van der Waals surface area contributed by atoms with E-state index in [4.69, 9.17) is 9.63 Å². The third kappa shape index (κ3) is 1.21. The molecule has 13 heavy (non-hydrogen) atoms. The lowest BCUT2D eigenvalue weighted by molar-refractivity contribution is 0.150. The first-order chi connectivity index (χ1) is 6.10. The molecule has 4 heteroatoms. The van der Waals surface area contributed by atoms with Gasteiger partial charge in [-0.15, -0.1) is 0 Å². The molecule has 2 saturated heterocycles. The minimum Gasteiger partial charge on any atom is -0.394 e. The van der Waals surface area contributed by atoms with Gasteiger partial charge in [-0.1, -0.05) is 13.8 Å². The van der Waals surface area contributed by atoms with Crippen LogP contribution in [0.1, 0.15) is 13.8 Å². The molecule has 1 saturated carbocycles. The van der Waals surface area contributed by atoms with Gasteiger partial charge in [0.2, 0.25) is 7.37 Å². The fraction of sp³-hybridized carbons (Fsp3) is 1.00. The van der Waals surface area contributed by atoms with E-state index < -0.39 is 7.37 Å². The minimum atomic E-state index is -2.38. The van der Waals surface area contributed by atoms with E-state index in [0.717, 1.165) is 6.16 Å². The predicted octanol–water partition coefficient (Wildman–Crippen LogP) is 1.56. The Morgan fingerprint density at radius 1 is 1.46 bits per heavy atom. The second-order valence-electron chi connectivity index (χ2n) is 4.34. The number of rotatable bonds is 3. The van der Waals surface area contributed by atoms with Crippen molar-refractivity contribution in [3.05, 3.63) is 0 Å². The lowest BCUT2D eigenvalue weighted by Crippen LogP contribution is -2.40. The van der Waals surface area contributed by atoms with E-state index in [-0.39, 0.29) is 18.9 Å². The molecule has 2 heterocycles. The first-order valence-electron chi connectivity index (χ1n) is 4.94. The Morgan fingerprint density at radius 3 is 2.46 bits per heavy atom. The van der Waals surface area contributed by atoms with Gasteiger partial charge in [-0.05, 0) is 17.8 Å². The van der Waals surface area contributed by atoms with Gasteiger partial charge in [0, 0.05) is 11.8 Å². The molecule has 2 aliphatic heterocycles. The van der Waals surface area contributed by atoms with Crippen LogP contribution < -0.4 is 0 Å². The molecule has 4 unspecified atom stereocenters. The summed E-state index contributed by atoms with van der Waals surface area (Å²) in [6.07, 6.45) is 0.750. The molecule has 2 bridgehead atoms. The molecule has 0 amide bonds. The maximum Gasteiger partial charge on any atom is 0.207 e. The van der Waals surface area contributed by atoms with Gasteiger partial charge in [0.1, 0.15) is 0 Å². The zero-order valence-corrected chi connectivity index (χ0v) is 9.04. The average Bonchev–Trinajstić information content (AvgIpc) is 2.52. The summed E-state index contributed by atoms with van der Waals surface area (Å²) in [6, 6.07) is 0. The highest BCUT2D eigenvalue weighted by Gasteiger charge is 2.63. The van der Waals surface area contributed by atoms with Crippen molar-refractivity contribution in [1.82, 2.24) is 0 Å². The van der Waals surface area contributed by atoms with Crippen molar-refractivity contribution in [1.29, 1.82) is 0 Å². The summed E-state index contributed by atoms with van der Waals surface area (Å²) in [6.45, 7) is 4.54. The Balaban J connectivity index is 2.06. The zero-order valence-electron chi connectivity index (χ0n) is 8.14. The summed E-state index contributed by atoms with van der Waals surface area (Å²) in [5.41, 5.74) is 0.282. The van der Waals surface area contributed by atoms with Crippen LogP contribution in [0.2, 0.25) is 0 Å². The number of aliphatic hydroxyl groups is 1. The maximum atomic E-state index is 12.2. The van der Waals surface area contributed by atoms with Crippen LogP contribution in [0.25, 0.3) is 0 Å². The number of fused-ring (bicyclic) bond motifs is 1. The van der Waals surface area contributed by atoms with Crippen LogP contribution in [0.3, 0.4) is 0 Å². The molecule has 3 nitrogen and oxygen atoms in total. The van der Waals surface area contributed by atoms with Crippen molar-refractivity contribution in [2.75, 3.05) is 19.4 Å². The van der Waals surface area contributed by atoms with Crippen molar-refractivity contribution >= 4 is 7.37 Å². The highest BCUT2D eigenvalue weighted by molar-refractivity contribution is 7.60. The van der Waals surface area contributed by atoms with E-state index in [0.29, 0.717) is 17.8 Å². The standard InChI is InChI=1S/C9H17O3P/c1-6-8-5-13(11,12-4-3-10)9(6)7(8)2/h6-10H,3-5H2,1-2H3/t6-,7?,8?,9?,13?/m1/s1. The van der Waals surface area contributed by atoms with Crippen LogP contribution in [0.15, 0.2) is 0 Å². The molecule has 1 aliphatic carbocycles. The normalized spacial score (nSPS) is 53.5. The van der Waals surface area contributed by atoms with Gasteiger partial charge in [-0.3, -0.25) is 4.57 Å². The SMILES string of the molecule is CC1C2CP(=O)(OCCO)C1[C@@H]2C. The molecule has 5 atom stereocenters. The molecule has 0 aromatic carbocycles. The summed E-state index contributed by atoms with van der Waals surface area (Å²) in [5, 5.41) is 8.63. The topological polar surface area (TPSA) is 46.5 Å². The van der Waals surface area contributed by atoms with Gasteiger partial charge >= 0.3 is 0 Å². The van der Waals surface area contributed by atoms with Gasteiger partial charge < -0.3 is 9.63 Å². The molecule has 1 N–H and O–H groups in total. The molecular formula is C9H17O3P. The maximum absolute atomic E-state index is 12.2. The molecule has 0 radical (unpaired) electrons. The number of hydrogen-bond acceptors (Lipinski definition) is 3. The Bertz CT molecular complexity index is 243. The van der Waals surface area contributed by atoms with Crippen molar-refractivity contribution in [2.45, 2.75) is 19.5 Å². The van der Waals surface area contributed by atoms with Crippen molar-refractivity contribution < 1.29 is 14.2 Å². The second kappa shape index (κ2) is 3.08. The van der Waals surface area contributed by atoms with Gasteiger partial charge in [-0.2, -0.15) is 0 Å². The van der Waals surface area contributed by atoms with Crippen LogP contribution in [0, 0.1) is 17.8 Å². The van der Waals surface area contributed by atoms with Crippen molar-refractivity contribution in [3.8, 4) is 0 Å². The molecule has 3 aliphatic rings. The van der Waals surface area contributed by atoms with Crippen LogP contribution in [0.4, 0.5) is 0 Å². The fourth-order valence-corrected chi connectivity index (χ4v) is 7.16. The van der Waals surface area contributed by atoms with E-state index in [1.165, 1.54) is 0 Å². The Morgan fingerprint density at radius 2 is 2.08 bits per heavy atom. The Labute approximate surface area is 78.9 Å². The summed E-state index contributed by atoms with van der Waals surface area (Å²) < 4.78 is 17.6. The molecule has 0 aromatic heterocycles. The molecule has 0 aromatic rings. The van der Waals surface area contributed by atoms with E-state index in [1.807, 2.05) is 0 Å². The lowest BCUT2D eigenvalue weighted by atomic mass is 9.68. The average molecular weight is 204 g/mol. The summed E-state index contributed by atoms with van der Waals surface area (Å²) in [4.78, 5) is 0. The van der Waals surface area contributed by atoms with Crippen molar-refractivity contribution in [3.63, 3.8) is 0 Å². The quantitative estimate of drug-likeness (QED) is 0.709. The molecule has 3 fully saturated rings.